The molecular formula is C10H14ClN3O. The van der Waals surface area contributed by atoms with Gasteiger partial charge < -0.3 is 15.3 Å². The molecule has 0 bridgehead atoms. The summed E-state index contributed by atoms with van der Waals surface area (Å²) in [5, 5.41) is 13.4. The summed E-state index contributed by atoms with van der Waals surface area (Å²) >= 11 is 5.83. The Balaban J connectivity index is 2.41. The minimum Gasteiger partial charge on any atom is -0.389 e. The largest absolute Gasteiger partial charge is 0.389 e. The van der Waals surface area contributed by atoms with E-state index >= 15 is 0 Å². The van der Waals surface area contributed by atoms with Crippen LogP contribution >= 0.6 is 11.6 Å². The zero-order valence-corrected chi connectivity index (χ0v) is 9.49. The molecule has 5 heteroatoms. The number of pyridine rings is 1. The molecule has 0 fully saturated rings. The number of hydrogen-bond donors (Lipinski definition) is 2. The standard InChI is InChI=1S/C10H14ClN3O/c1-6-8(15)5-14(2)7-3-4-9(11)13-10(7)12-6/h3-4,6,8,15H,5H2,1-2H3,(H,12,13)/t6-,8-/m1/s1. The summed E-state index contributed by atoms with van der Waals surface area (Å²) in [6.45, 7) is 2.51. The molecule has 0 amide bonds. The zero-order chi connectivity index (χ0) is 11.0. The highest BCUT2D eigenvalue weighted by Gasteiger charge is 2.23. The predicted octanol–water partition coefficient (Wildman–Crippen LogP) is 1.35. The summed E-state index contributed by atoms with van der Waals surface area (Å²) in [6, 6.07) is 3.63. The van der Waals surface area contributed by atoms with Crippen LogP contribution in [0.4, 0.5) is 11.5 Å². The van der Waals surface area contributed by atoms with E-state index in [1.165, 1.54) is 0 Å². The first kappa shape index (κ1) is 10.5. The SMILES string of the molecule is C[C@H]1Nc2nc(Cl)ccc2N(C)C[C@H]1O. The van der Waals surface area contributed by atoms with Crippen molar-refractivity contribution in [3.8, 4) is 0 Å². The molecule has 2 N–H and O–H groups in total. The highest BCUT2D eigenvalue weighted by Crippen LogP contribution is 2.28. The number of nitrogens with zero attached hydrogens (tertiary/aromatic N) is 2. The van der Waals surface area contributed by atoms with E-state index in [0.717, 1.165) is 11.5 Å². The minimum atomic E-state index is -0.414. The number of aromatic nitrogens is 1. The summed E-state index contributed by atoms with van der Waals surface area (Å²) in [6.07, 6.45) is -0.414. The smallest absolute Gasteiger partial charge is 0.151 e. The van der Waals surface area contributed by atoms with Crippen LogP contribution in [0.1, 0.15) is 6.92 Å². The summed E-state index contributed by atoms with van der Waals surface area (Å²) in [4.78, 5) is 6.18. The topological polar surface area (TPSA) is 48.4 Å². The van der Waals surface area contributed by atoms with Gasteiger partial charge >= 0.3 is 0 Å². The van der Waals surface area contributed by atoms with Crippen LogP contribution in [0.5, 0.6) is 0 Å². The Kier molecular flexibility index (Phi) is 2.71. The van der Waals surface area contributed by atoms with Crippen LogP contribution in [-0.2, 0) is 0 Å². The summed E-state index contributed by atoms with van der Waals surface area (Å²) in [7, 11) is 1.93. The molecule has 0 radical (unpaired) electrons. The molecule has 1 aromatic rings. The number of halogens is 1. The molecular weight excluding hydrogens is 214 g/mol. The molecule has 0 aromatic carbocycles. The Morgan fingerprint density at radius 2 is 2.33 bits per heavy atom. The first-order valence-corrected chi connectivity index (χ1v) is 5.28. The van der Waals surface area contributed by atoms with Crippen molar-refractivity contribution in [1.82, 2.24) is 4.98 Å². The number of aliphatic hydroxyl groups excluding tert-OH is 1. The lowest BCUT2D eigenvalue weighted by Crippen LogP contribution is -2.36. The summed E-state index contributed by atoms with van der Waals surface area (Å²) < 4.78 is 0. The van der Waals surface area contributed by atoms with Crippen LogP contribution in [0.25, 0.3) is 0 Å². The Morgan fingerprint density at radius 1 is 1.60 bits per heavy atom. The summed E-state index contributed by atoms with van der Waals surface area (Å²) in [5.74, 6) is 0.731. The van der Waals surface area contributed by atoms with Crippen LogP contribution in [0.2, 0.25) is 5.15 Å². The molecule has 4 nitrogen and oxygen atoms in total. The summed E-state index contributed by atoms with van der Waals surface area (Å²) in [5.41, 5.74) is 0.961. The van der Waals surface area contributed by atoms with Crippen molar-refractivity contribution in [2.45, 2.75) is 19.1 Å². The number of aliphatic hydroxyl groups is 1. The third-order valence-corrected chi connectivity index (χ3v) is 2.86. The van der Waals surface area contributed by atoms with Gasteiger partial charge in [0.15, 0.2) is 5.82 Å². The average molecular weight is 228 g/mol. The molecule has 0 spiro atoms. The van der Waals surface area contributed by atoms with E-state index in [-0.39, 0.29) is 6.04 Å². The van der Waals surface area contributed by atoms with Crippen molar-refractivity contribution >= 4 is 23.1 Å². The predicted molar refractivity (Wildman–Crippen MR) is 61.6 cm³/mol. The van der Waals surface area contributed by atoms with E-state index < -0.39 is 6.10 Å². The lowest BCUT2D eigenvalue weighted by molar-refractivity contribution is 0.166. The van der Waals surface area contributed by atoms with Gasteiger partial charge in [-0.3, -0.25) is 0 Å². The van der Waals surface area contributed by atoms with Crippen LogP contribution in [0.15, 0.2) is 12.1 Å². The lowest BCUT2D eigenvalue weighted by Gasteiger charge is -2.20. The highest BCUT2D eigenvalue weighted by atomic mass is 35.5. The minimum absolute atomic E-state index is 0.0281. The van der Waals surface area contributed by atoms with E-state index in [1.54, 1.807) is 6.07 Å². The molecule has 2 heterocycles. The van der Waals surface area contributed by atoms with Crippen molar-refractivity contribution in [1.29, 1.82) is 0 Å². The van der Waals surface area contributed by atoms with Gasteiger partial charge in [0.25, 0.3) is 0 Å². The van der Waals surface area contributed by atoms with Crippen molar-refractivity contribution in [3.63, 3.8) is 0 Å². The Bertz CT molecular complexity index is 372. The molecule has 1 aliphatic heterocycles. The van der Waals surface area contributed by atoms with Gasteiger partial charge in [-0.25, -0.2) is 4.98 Å². The van der Waals surface area contributed by atoms with Gasteiger partial charge in [-0.05, 0) is 19.1 Å². The molecule has 15 heavy (non-hydrogen) atoms. The number of fused-ring (bicyclic) bond motifs is 1. The van der Waals surface area contributed by atoms with Crippen LogP contribution in [0, 0.1) is 0 Å². The van der Waals surface area contributed by atoms with Crippen molar-refractivity contribution in [3.05, 3.63) is 17.3 Å². The van der Waals surface area contributed by atoms with Gasteiger partial charge in [-0.1, -0.05) is 11.6 Å². The fourth-order valence-corrected chi connectivity index (χ4v) is 1.84. The van der Waals surface area contributed by atoms with Gasteiger partial charge in [0.05, 0.1) is 17.8 Å². The quantitative estimate of drug-likeness (QED) is 0.657. The molecule has 0 unspecified atom stereocenters. The average Bonchev–Trinajstić information content (AvgIpc) is 2.25. The van der Waals surface area contributed by atoms with Crippen molar-refractivity contribution in [2.24, 2.45) is 0 Å². The van der Waals surface area contributed by atoms with E-state index in [4.69, 9.17) is 11.6 Å². The maximum Gasteiger partial charge on any atom is 0.151 e. The van der Waals surface area contributed by atoms with Crippen LogP contribution in [0.3, 0.4) is 0 Å². The number of β-amino-alcohol motifs (C(OH)–C–C–N with tert-alkyl or cyclic N) is 1. The Labute approximate surface area is 93.9 Å². The number of anilines is 2. The fraction of sp³-hybridized carbons (Fsp3) is 0.500. The fourth-order valence-electron chi connectivity index (χ4n) is 1.69. The first-order valence-electron chi connectivity index (χ1n) is 4.90. The number of rotatable bonds is 0. The molecule has 0 saturated heterocycles. The second kappa shape index (κ2) is 3.87. The lowest BCUT2D eigenvalue weighted by atomic mass is 10.2. The first-order chi connectivity index (χ1) is 7.08. The molecule has 82 valence electrons. The second-order valence-electron chi connectivity index (χ2n) is 3.88. The maximum atomic E-state index is 9.80. The molecule has 1 aliphatic rings. The van der Waals surface area contributed by atoms with E-state index in [0.29, 0.717) is 11.7 Å². The normalized spacial score (nSPS) is 25.5. The third-order valence-electron chi connectivity index (χ3n) is 2.65. The zero-order valence-electron chi connectivity index (χ0n) is 8.74. The molecule has 2 atom stereocenters. The van der Waals surface area contributed by atoms with Gasteiger partial charge in [0, 0.05) is 13.6 Å². The van der Waals surface area contributed by atoms with Crippen molar-refractivity contribution in [2.75, 3.05) is 23.8 Å². The van der Waals surface area contributed by atoms with E-state index in [2.05, 4.69) is 10.3 Å². The number of hydrogen-bond acceptors (Lipinski definition) is 4. The second-order valence-corrected chi connectivity index (χ2v) is 4.27. The van der Waals surface area contributed by atoms with Crippen molar-refractivity contribution < 1.29 is 5.11 Å². The number of nitrogens with one attached hydrogen (secondary N) is 1. The molecule has 2 rings (SSSR count). The maximum absolute atomic E-state index is 9.80. The highest BCUT2D eigenvalue weighted by molar-refractivity contribution is 6.29. The molecule has 1 aromatic heterocycles. The van der Waals surface area contributed by atoms with Gasteiger partial charge in [-0.15, -0.1) is 0 Å². The monoisotopic (exact) mass is 227 g/mol. The van der Waals surface area contributed by atoms with Gasteiger partial charge in [0.2, 0.25) is 0 Å². The van der Waals surface area contributed by atoms with E-state index in [1.807, 2.05) is 24.9 Å². The van der Waals surface area contributed by atoms with E-state index in [9.17, 15) is 5.11 Å². The van der Waals surface area contributed by atoms with Crippen LogP contribution < -0.4 is 10.2 Å². The Morgan fingerprint density at radius 3 is 3.07 bits per heavy atom. The molecule has 0 saturated carbocycles. The molecule has 0 aliphatic carbocycles. The third kappa shape index (κ3) is 2.01. The van der Waals surface area contributed by atoms with Gasteiger partial charge in [0.1, 0.15) is 5.15 Å². The van der Waals surface area contributed by atoms with Gasteiger partial charge in [-0.2, -0.15) is 0 Å². The Hall–Kier alpha value is -1.00. The number of likely N-dealkylation sites (N-methyl/N-ethyl adjacent to an activating group) is 1. The van der Waals surface area contributed by atoms with Crippen LogP contribution in [-0.4, -0.2) is 35.8 Å².